The summed E-state index contributed by atoms with van der Waals surface area (Å²) >= 11 is 0. The van der Waals surface area contributed by atoms with Crippen molar-refractivity contribution < 1.29 is 29.3 Å². The monoisotopic (exact) mass is 487 g/mol. The first-order valence-electron chi connectivity index (χ1n) is 11.8. The maximum Gasteiger partial charge on any atom is 0.300 e. The molecule has 7 heteroatoms. The summed E-state index contributed by atoms with van der Waals surface area (Å²) in [4.78, 5) is 28.1. The lowest BCUT2D eigenvalue weighted by Gasteiger charge is -2.26. The number of hydrogen-bond donors (Lipinski definition) is 2. The number of Topliss-reactive ketones (excluding diaryl/α,β-unsaturated/α-hetero) is 1. The molecule has 0 spiro atoms. The lowest BCUT2D eigenvalue weighted by atomic mass is 9.93. The third kappa shape index (κ3) is 4.52. The molecule has 3 aromatic rings. The number of ether oxygens (including phenoxy) is 2. The van der Waals surface area contributed by atoms with Crippen LogP contribution < -0.4 is 14.4 Å². The van der Waals surface area contributed by atoms with E-state index in [1.807, 2.05) is 20.8 Å². The predicted molar refractivity (Wildman–Crippen MR) is 138 cm³/mol. The summed E-state index contributed by atoms with van der Waals surface area (Å²) in [5.41, 5.74) is 2.26. The van der Waals surface area contributed by atoms with Gasteiger partial charge in [0.05, 0.1) is 25.3 Å². The maximum atomic E-state index is 13.4. The molecule has 4 rings (SSSR count). The fraction of sp³-hybridized carbons (Fsp3) is 0.241. The highest BCUT2D eigenvalue weighted by Gasteiger charge is 2.47. The summed E-state index contributed by atoms with van der Waals surface area (Å²) in [5, 5.41) is 21.3. The van der Waals surface area contributed by atoms with Crippen molar-refractivity contribution in [1.29, 1.82) is 0 Å². The number of nitrogens with zero attached hydrogens (tertiary/aromatic N) is 1. The summed E-state index contributed by atoms with van der Waals surface area (Å²) in [7, 11) is 1.52. The van der Waals surface area contributed by atoms with Crippen molar-refractivity contribution in [2.45, 2.75) is 32.7 Å². The lowest BCUT2D eigenvalue weighted by molar-refractivity contribution is -0.132. The molecule has 7 nitrogen and oxygen atoms in total. The Morgan fingerprint density at radius 1 is 1.03 bits per heavy atom. The number of benzene rings is 3. The second-order valence-electron chi connectivity index (χ2n) is 8.80. The van der Waals surface area contributed by atoms with Crippen molar-refractivity contribution >= 4 is 23.1 Å². The third-order valence-electron chi connectivity index (χ3n) is 6.19. The Morgan fingerprint density at radius 2 is 1.75 bits per heavy atom. The van der Waals surface area contributed by atoms with Crippen LogP contribution in [-0.4, -0.2) is 35.6 Å². The Bertz CT molecular complexity index is 1330. The molecule has 1 amide bonds. The number of amides is 1. The van der Waals surface area contributed by atoms with E-state index >= 15 is 0 Å². The molecule has 186 valence electrons. The minimum atomic E-state index is -0.910. The highest BCUT2D eigenvalue weighted by atomic mass is 16.5. The fourth-order valence-corrected chi connectivity index (χ4v) is 4.42. The molecule has 36 heavy (non-hydrogen) atoms. The number of ketones is 1. The van der Waals surface area contributed by atoms with E-state index in [1.54, 1.807) is 54.6 Å². The molecule has 1 fully saturated rings. The van der Waals surface area contributed by atoms with Gasteiger partial charge in [-0.3, -0.25) is 14.5 Å². The van der Waals surface area contributed by atoms with Gasteiger partial charge in [0.1, 0.15) is 23.0 Å². The first kappa shape index (κ1) is 24.9. The summed E-state index contributed by atoms with van der Waals surface area (Å²) in [6.45, 7) is 6.42. The lowest BCUT2D eigenvalue weighted by Crippen LogP contribution is -2.29. The molecule has 1 heterocycles. The fourth-order valence-electron chi connectivity index (χ4n) is 4.42. The van der Waals surface area contributed by atoms with E-state index in [-0.39, 0.29) is 23.0 Å². The van der Waals surface area contributed by atoms with Crippen molar-refractivity contribution in [2.75, 3.05) is 18.6 Å². The van der Waals surface area contributed by atoms with Crippen LogP contribution in [0, 0.1) is 0 Å². The molecule has 1 unspecified atom stereocenters. The van der Waals surface area contributed by atoms with Crippen LogP contribution in [0.25, 0.3) is 5.76 Å². The summed E-state index contributed by atoms with van der Waals surface area (Å²) in [6, 6.07) is 17.4. The van der Waals surface area contributed by atoms with E-state index in [0.717, 1.165) is 5.56 Å². The van der Waals surface area contributed by atoms with Gasteiger partial charge in [0.15, 0.2) is 0 Å². The highest BCUT2D eigenvalue weighted by Crippen LogP contribution is 2.43. The van der Waals surface area contributed by atoms with E-state index in [0.29, 0.717) is 34.9 Å². The van der Waals surface area contributed by atoms with Crippen LogP contribution in [0.4, 0.5) is 5.69 Å². The van der Waals surface area contributed by atoms with Gasteiger partial charge in [-0.25, -0.2) is 0 Å². The van der Waals surface area contributed by atoms with Crippen molar-refractivity contribution in [3.8, 4) is 17.2 Å². The second-order valence-corrected chi connectivity index (χ2v) is 8.80. The Balaban J connectivity index is 1.93. The zero-order chi connectivity index (χ0) is 26.0. The van der Waals surface area contributed by atoms with Crippen LogP contribution >= 0.6 is 0 Å². The molecular weight excluding hydrogens is 458 g/mol. The Labute approximate surface area is 210 Å². The summed E-state index contributed by atoms with van der Waals surface area (Å²) in [5.74, 6) is -0.465. The standard InChI is InChI=1S/C29H29NO6/c1-5-36-24-14-11-19(15-23(24)17(2)3)27(32)25-26(18-9-12-21(31)13-10-18)30(29(34)28(25)33)20-7-6-8-22(16-20)35-4/h6-17,26,31-32H,5H2,1-4H3/b27-25-. The molecular formula is C29H29NO6. The number of aromatic hydroxyl groups is 1. The summed E-state index contributed by atoms with van der Waals surface area (Å²) < 4.78 is 11.0. The van der Waals surface area contributed by atoms with Gasteiger partial charge in [-0.05, 0) is 66.4 Å². The highest BCUT2D eigenvalue weighted by molar-refractivity contribution is 6.51. The number of aliphatic hydroxyl groups is 1. The first-order valence-corrected chi connectivity index (χ1v) is 11.8. The molecule has 1 saturated heterocycles. The smallest absolute Gasteiger partial charge is 0.300 e. The number of phenolic OH excluding ortho intramolecular Hbond substituents is 1. The number of phenols is 1. The predicted octanol–water partition coefficient (Wildman–Crippen LogP) is 5.55. The molecule has 1 aliphatic heterocycles. The normalized spacial score (nSPS) is 17.0. The van der Waals surface area contributed by atoms with Gasteiger partial charge in [0, 0.05) is 17.3 Å². The molecule has 0 aromatic heterocycles. The Kier molecular flexibility index (Phi) is 7.01. The zero-order valence-corrected chi connectivity index (χ0v) is 20.7. The Morgan fingerprint density at radius 3 is 2.39 bits per heavy atom. The van der Waals surface area contributed by atoms with E-state index in [1.165, 1.54) is 24.1 Å². The number of anilines is 1. The minimum absolute atomic E-state index is 0.0348. The SMILES string of the molecule is CCOc1ccc(/C(O)=C2/C(=O)C(=O)N(c3cccc(OC)c3)C2c2ccc(O)cc2)cc1C(C)C. The minimum Gasteiger partial charge on any atom is -0.508 e. The van der Waals surface area contributed by atoms with Gasteiger partial charge in [-0.15, -0.1) is 0 Å². The van der Waals surface area contributed by atoms with Gasteiger partial charge < -0.3 is 19.7 Å². The number of methoxy groups -OCH3 is 1. The molecule has 0 saturated carbocycles. The quantitative estimate of drug-likeness (QED) is 0.258. The van der Waals surface area contributed by atoms with Crippen LogP contribution in [-0.2, 0) is 9.59 Å². The number of carbonyl (C=O) groups excluding carboxylic acids is 2. The van der Waals surface area contributed by atoms with Crippen molar-refractivity contribution in [1.82, 2.24) is 0 Å². The van der Waals surface area contributed by atoms with Crippen molar-refractivity contribution in [3.63, 3.8) is 0 Å². The van der Waals surface area contributed by atoms with Crippen LogP contribution in [0.3, 0.4) is 0 Å². The number of rotatable bonds is 7. The first-order chi connectivity index (χ1) is 17.3. The number of aliphatic hydroxyl groups excluding tert-OH is 1. The van der Waals surface area contributed by atoms with E-state index in [2.05, 4.69) is 0 Å². The van der Waals surface area contributed by atoms with Gasteiger partial charge >= 0.3 is 0 Å². The number of hydrogen-bond acceptors (Lipinski definition) is 6. The zero-order valence-electron chi connectivity index (χ0n) is 20.7. The summed E-state index contributed by atoms with van der Waals surface area (Å²) in [6.07, 6.45) is 0. The Hall–Kier alpha value is -4.26. The molecule has 2 N–H and O–H groups in total. The van der Waals surface area contributed by atoms with Gasteiger partial charge in [-0.1, -0.05) is 32.0 Å². The average Bonchev–Trinajstić information content (AvgIpc) is 3.14. The average molecular weight is 488 g/mol. The molecule has 1 aliphatic rings. The third-order valence-corrected chi connectivity index (χ3v) is 6.19. The second kappa shape index (κ2) is 10.2. The number of carbonyl (C=O) groups is 2. The van der Waals surface area contributed by atoms with Crippen LogP contribution in [0.15, 0.2) is 72.3 Å². The maximum absolute atomic E-state index is 13.4. The molecule has 0 radical (unpaired) electrons. The van der Waals surface area contributed by atoms with Gasteiger partial charge in [0.25, 0.3) is 11.7 Å². The largest absolute Gasteiger partial charge is 0.508 e. The van der Waals surface area contributed by atoms with Crippen LogP contribution in [0.1, 0.15) is 49.4 Å². The van der Waals surface area contributed by atoms with E-state index in [9.17, 15) is 19.8 Å². The van der Waals surface area contributed by atoms with Crippen LogP contribution in [0.2, 0.25) is 0 Å². The van der Waals surface area contributed by atoms with E-state index < -0.39 is 17.7 Å². The molecule has 1 atom stereocenters. The molecule has 0 aliphatic carbocycles. The van der Waals surface area contributed by atoms with Gasteiger partial charge in [-0.2, -0.15) is 0 Å². The molecule has 3 aromatic carbocycles. The van der Waals surface area contributed by atoms with E-state index in [4.69, 9.17) is 9.47 Å². The van der Waals surface area contributed by atoms with Crippen molar-refractivity contribution in [2.24, 2.45) is 0 Å². The van der Waals surface area contributed by atoms with Crippen molar-refractivity contribution in [3.05, 3.63) is 89.0 Å². The topological polar surface area (TPSA) is 96.3 Å². The van der Waals surface area contributed by atoms with Crippen LogP contribution in [0.5, 0.6) is 17.2 Å². The van der Waals surface area contributed by atoms with Gasteiger partial charge in [0.2, 0.25) is 0 Å². The molecule has 0 bridgehead atoms.